The number of piperazine rings is 1. The van der Waals surface area contributed by atoms with Crippen LogP contribution in [-0.4, -0.2) is 77.8 Å². The maximum atomic E-state index is 13.3. The number of nitrogens with zero attached hydrogens (tertiary/aromatic N) is 5. The number of aromatic nitrogens is 2. The third-order valence-corrected chi connectivity index (χ3v) is 5.96. The summed E-state index contributed by atoms with van der Waals surface area (Å²) >= 11 is 0. The predicted molar refractivity (Wildman–Crippen MR) is 114 cm³/mol. The number of esters is 1. The molecule has 1 N–H and O–H groups in total. The molecule has 0 spiro atoms. The van der Waals surface area contributed by atoms with Gasteiger partial charge in [-0.25, -0.2) is 14.4 Å². The number of halogens is 3. The van der Waals surface area contributed by atoms with Crippen molar-refractivity contribution in [3.05, 3.63) is 20.8 Å². The summed E-state index contributed by atoms with van der Waals surface area (Å²) in [5, 5.41) is 3.71. The van der Waals surface area contributed by atoms with E-state index in [9.17, 15) is 32.3 Å². The van der Waals surface area contributed by atoms with E-state index in [4.69, 9.17) is 9.57 Å². The lowest BCUT2D eigenvalue weighted by Gasteiger charge is -2.40. The Labute approximate surface area is 196 Å². The van der Waals surface area contributed by atoms with Crippen molar-refractivity contribution in [2.75, 3.05) is 49.3 Å². The van der Waals surface area contributed by atoms with Crippen LogP contribution in [0.5, 0.6) is 0 Å². The van der Waals surface area contributed by atoms with Crippen LogP contribution in [0.15, 0.2) is 9.59 Å². The maximum Gasteiger partial charge on any atom is 0.493 e. The number of cyclic esters (lactones) is 1. The van der Waals surface area contributed by atoms with E-state index >= 15 is 0 Å². The van der Waals surface area contributed by atoms with Gasteiger partial charge in [0.25, 0.3) is 5.56 Å². The fourth-order valence-corrected chi connectivity index (χ4v) is 4.34. The van der Waals surface area contributed by atoms with Crippen LogP contribution in [0.3, 0.4) is 0 Å². The molecule has 3 aliphatic rings. The fourth-order valence-electron chi connectivity index (χ4n) is 4.34. The van der Waals surface area contributed by atoms with E-state index in [-0.39, 0.29) is 25.3 Å². The average Bonchev–Trinajstić information content (AvgIpc) is 3.37. The first-order chi connectivity index (χ1) is 16.6. The van der Waals surface area contributed by atoms with E-state index < -0.39 is 47.5 Å². The van der Waals surface area contributed by atoms with Crippen molar-refractivity contribution in [3.8, 4) is 11.8 Å². The Morgan fingerprint density at radius 2 is 1.91 bits per heavy atom. The second-order valence-corrected chi connectivity index (χ2v) is 8.05. The number of fused-ring (bicyclic) bond motifs is 1. The second kappa shape index (κ2) is 9.27. The summed E-state index contributed by atoms with van der Waals surface area (Å²) in [6.07, 6.45) is -6.54. The van der Waals surface area contributed by atoms with Crippen LogP contribution in [0.25, 0.3) is 0 Å². The summed E-state index contributed by atoms with van der Waals surface area (Å²) < 4.78 is 46.4. The first-order valence-corrected chi connectivity index (χ1v) is 10.8. The van der Waals surface area contributed by atoms with Crippen LogP contribution in [-0.2, 0) is 26.2 Å². The number of carbonyl (C=O) groups is 2. The molecule has 0 aliphatic carbocycles. The van der Waals surface area contributed by atoms with Crippen LogP contribution >= 0.6 is 0 Å². The molecule has 3 aliphatic heterocycles. The lowest BCUT2D eigenvalue weighted by molar-refractivity contribution is -0.203. The molecule has 0 aromatic carbocycles. The Hall–Kier alpha value is -3.51. The van der Waals surface area contributed by atoms with Gasteiger partial charge in [-0.05, 0) is 6.92 Å². The molecule has 35 heavy (non-hydrogen) atoms. The number of ether oxygens (including phenoxy) is 1. The van der Waals surface area contributed by atoms with Crippen molar-refractivity contribution in [1.29, 1.82) is 0 Å². The minimum atomic E-state index is -5.36. The normalized spacial score (nSPS) is 22.5. The number of anilines is 2. The van der Waals surface area contributed by atoms with Crippen molar-refractivity contribution in [2.24, 2.45) is 7.05 Å². The van der Waals surface area contributed by atoms with Crippen LogP contribution in [0.2, 0.25) is 0 Å². The summed E-state index contributed by atoms with van der Waals surface area (Å²) in [4.78, 5) is 58.7. The molecule has 1 aromatic rings. The van der Waals surface area contributed by atoms with Gasteiger partial charge >= 0.3 is 23.8 Å². The van der Waals surface area contributed by atoms with E-state index in [1.165, 1.54) is 11.9 Å². The van der Waals surface area contributed by atoms with E-state index in [0.29, 0.717) is 31.2 Å². The summed E-state index contributed by atoms with van der Waals surface area (Å²) in [6, 6.07) is -1.23. The van der Waals surface area contributed by atoms with Gasteiger partial charge in [0.2, 0.25) is 0 Å². The number of alkyl halides is 3. The van der Waals surface area contributed by atoms with Gasteiger partial charge < -0.3 is 19.8 Å². The lowest BCUT2D eigenvalue weighted by Crippen LogP contribution is -2.61. The number of nitrogens with one attached hydrogen (secondary N) is 1. The quantitative estimate of drug-likeness (QED) is 0.403. The zero-order valence-corrected chi connectivity index (χ0v) is 18.9. The molecule has 2 saturated heterocycles. The van der Waals surface area contributed by atoms with Crippen LogP contribution in [0, 0.1) is 11.8 Å². The SMILES string of the molecule is CC#CCN1c2c(n(C3CCOC3=O)c(=O)n(C)c2=O)N(OC(=O)C(F)(F)F)C1N1CCNCC1. The first kappa shape index (κ1) is 24.6. The van der Waals surface area contributed by atoms with Crippen molar-refractivity contribution in [3.63, 3.8) is 0 Å². The Bertz CT molecular complexity index is 1210. The van der Waals surface area contributed by atoms with Crippen LogP contribution in [0.1, 0.15) is 19.4 Å². The number of hydrogen-bond acceptors (Lipinski definition) is 10. The molecule has 4 heterocycles. The second-order valence-electron chi connectivity index (χ2n) is 8.05. The van der Waals surface area contributed by atoms with Gasteiger partial charge in [-0.1, -0.05) is 5.92 Å². The molecule has 0 amide bonds. The lowest BCUT2D eigenvalue weighted by atomic mass is 10.2. The standard InChI is InChI=1S/C20H23F3N6O6/c1-3-4-8-27-13-14(28(12-5-11-34-16(12)31)19(33)25(2)15(13)30)29(35-17(32)20(21,22)23)18(27)26-9-6-24-7-10-26/h12,18,24H,5-11H2,1-2H3. The highest BCUT2D eigenvalue weighted by Gasteiger charge is 2.52. The number of rotatable bonds is 4. The number of carbonyl (C=O) groups excluding carboxylic acids is 2. The van der Waals surface area contributed by atoms with Gasteiger partial charge in [-0.2, -0.15) is 13.2 Å². The van der Waals surface area contributed by atoms with Gasteiger partial charge in [0.1, 0.15) is 6.04 Å². The van der Waals surface area contributed by atoms with Gasteiger partial charge in [-0.3, -0.25) is 18.8 Å². The predicted octanol–water partition coefficient (Wildman–Crippen LogP) is -1.11. The van der Waals surface area contributed by atoms with Gasteiger partial charge in [-0.15, -0.1) is 11.0 Å². The topological polar surface area (TPSA) is 118 Å². The summed E-state index contributed by atoms with van der Waals surface area (Å²) in [5.41, 5.74) is -2.02. The van der Waals surface area contributed by atoms with E-state index in [0.717, 1.165) is 9.13 Å². The third kappa shape index (κ3) is 4.23. The van der Waals surface area contributed by atoms with Gasteiger partial charge in [0, 0.05) is 39.6 Å². The molecular formula is C20H23F3N6O6. The van der Waals surface area contributed by atoms with Gasteiger partial charge in [0.05, 0.1) is 13.2 Å². The largest absolute Gasteiger partial charge is 0.493 e. The smallest absolute Gasteiger partial charge is 0.464 e. The van der Waals surface area contributed by atoms with Crippen molar-refractivity contribution in [1.82, 2.24) is 19.4 Å². The van der Waals surface area contributed by atoms with E-state index in [1.54, 1.807) is 11.8 Å². The molecule has 2 fully saturated rings. The van der Waals surface area contributed by atoms with E-state index in [1.807, 2.05) is 0 Å². The zero-order valence-electron chi connectivity index (χ0n) is 18.9. The van der Waals surface area contributed by atoms with Gasteiger partial charge in [0.15, 0.2) is 17.8 Å². The molecule has 0 bridgehead atoms. The monoisotopic (exact) mass is 500 g/mol. The highest BCUT2D eigenvalue weighted by atomic mass is 19.4. The Balaban J connectivity index is 1.99. The average molecular weight is 500 g/mol. The molecule has 2 atom stereocenters. The van der Waals surface area contributed by atoms with Crippen LogP contribution < -0.4 is 26.5 Å². The van der Waals surface area contributed by atoms with Crippen molar-refractivity contribution >= 4 is 23.4 Å². The molecule has 15 heteroatoms. The van der Waals surface area contributed by atoms with Crippen LogP contribution in [0.4, 0.5) is 24.7 Å². The third-order valence-electron chi connectivity index (χ3n) is 5.96. The fraction of sp³-hybridized carbons (Fsp3) is 0.600. The van der Waals surface area contributed by atoms with Crippen molar-refractivity contribution in [2.45, 2.75) is 31.9 Å². The summed E-state index contributed by atoms with van der Waals surface area (Å²) in [5.74, 6) is 1.69. The molecule has 12 nitrogen and oxygen atoms in total. The number of hydrogen-bond donors (Lipinski definition) is 1. The maximum absolute atomic E-state index is 13.3. The highest BCUT2D eigenvalue weighted by Crippen LogP contribution is 2.41. The molecule has 4 rings (SSSR count). The van der Waals surface area contributed by atoms with E-state index in [2.05, 4.69) is 17.2 Å². The molecular weight excluding hydrogens is 477 g/mol. The minimum Gasteiger partial charge on any atom is -0.464 e. The number of hydroxylamine groups is 1. The van der Waals surface area contributed by atoms with Crippen molar-refractivity contribution < 1.29 is 32.3 Å². The molecule has 0 radical (unpaired) electrons. The zero-order chi connectivity index (χ0) is 25.5. The highest BCUT2D eigenvalue weighted by molar-refractivity contribution is 5.82. The summed E-state index contributed by atoms with van der Waals surface area (Å²) in [7, 11) is 1.19. The molecule has 0 saturated carbocycles. The first-order valence-electron chi connectivity index (χ1n) is 10.8. The molecule has 1 aromatic heterocycles. The molecule has 2 unspecified atom stereocenters. The Morgan fingerprint density at radius 1 is 1.23 bits per heavy atom. The Morgan fingerprint density at radius 3 is 2.49 bits per heavy atom. The summed E-state index contributed by atoms with van der Waals surface area (Å²) in [6.45, 7) is 2.99. The Kier molecular flexibility index (Phi) is 6.52. The minimum absolute atomic E-state index is 0.0257. The molecule has 190 valence electrons.